The van der Waals surface area contributed by atoms with Crippen molar-refractivity contribution in [3.8, 4) is 0 Å². The first kappa shape index (κ1) is 20.2. The van der Waals surface area contributed by atoms with Crippen molar-refractivity contribution in [1.82, 2.24) is 14.9 Å². The van der Waals surface area contributed by atoms with Gasteiger partial charge >= 0.3 is 0 Å². The molecule has 5 nitrogen and oxygen atoms in total. The van der Waals surface area contributed by atoms with E-state index >= 15 is 0 Å². The lowest BCUT2D eigenvalue weighted by atomic mass is 9.71. The first-order chi connectivity index (χ1) is 9.24. The first-order valence-electron chi connectivity index (χ1n) is 7.17. The summed E-state index contributed by atoms with van der Waals surface area (Å²) < 4.78 is 1.96. The Kier molecular flexibility index (Phi) is 9.66. The molecule has 1 fully saturated rings. The highest BCUT2D eigenvalue weighted by molar-refractivity contribution is 5.85. The number of carbonyl (C=O) groups excluding carboxylic acids is 1. The van der Waals surface area contributed by atoms with Crippen LogP contribution >= 0.6 is 24.8 Å². The molecular weight excluding hydrogens is 311 g/mol. The smallest absolute Gasteiger partial charge is 0.220 e. The highest BCUT2D eigenvalue weighted by atomic mass is 35.5. The summed E-state index contributed by atoms with van der Waals surface area (Å²) in [7, 11) is 0. The van der Waals surface area contributed by atoms with Crippen LogP contribution in [0, 0.1) is 5.41 Å². The van der Waals surface area contributed by atoms with Gasteiger partial charge in [-0.05, 0) is 24.8 Å². The van der Waals surface area contributed by atoms with Gasteiger partial charge in [-0.25, -0.2) is 4.98 Å². The fourth-order valence-corrected chi connectivity index (χ4v) is 2.90. The molecule has 1 aliphatic rings. The van der Waals surface area contributed by atoms with E-state index in [-0.39, 0.29) is 36.1 Å². The van der Waals surface area contributed by atoms with Crippen molar-refractivity contribution in [3.05, 3.63) is 18.7 Å². The second-order valence-electron chi connectivity index (χ2n) is 5.59. The summed E-state index contributed by atoms with van der Waals surface area (Å²) in [6, 6.07) is 0. The average molecular weight is 337 g/mol. The van der Waals surface area contributed by atoms with Crippen LogP contribution in [0.5, 0.6) is 0 Å². The maximum atomic E-state index is 12.0. The molecule has 1 saturated carbocycles. The molecule has 0 atom stereocenters. The van der Waals surface area contributed by atoms with Gasteiger partial charge in [0.25, 0.3) is 0 Å². The third kappa shape index (κ3) is 6.24. The lowest BCUT2D eigenvalue weighted by molar-refractivity contribution is -0.123. The molecule has 0 aliphatic heterocycles. The molecule has 122 valence electrons. The molecule has 0 radical (unpaired) electrons. The normalized spacial score (nSPS) is 16.4. The van der Waals surface area contributed by atoms with Crippen LogP contribution in [0.15, 0.2) is 18.7 Å². The highest BCUT2D eigenvalue weighted by Crippen LogP contribution is 2.38. The number of hydrogen-bond acceptors (Lipinski definition) is 3. The van der Waals surface area contributed by atoms with Crippen molar-refractivity contribution < 1.29 is 4.79 Å². The molecule has 1 aromatic rings. The van der Waals surface area contributed by atoms with E-state index in [1.165, 1.54) is 19.3 Å². The molecule has 0 bridgehead atoms. The number of imidazole rings is 1. The Hall–Kier alpha value is -0.780. The molecule has 1 aliphatic carbocycles. The van der Waals surface area contributed by atoms with Crippen LogP contribution in [-0.4, -0.2) is 28.5 Å². The summed E-state index contributed by atoms with van der Waals surface area (Å²) in [5.74, 6) is 0.132. The Balaban J connectivity index is 0.00000200. The van der Waals surface area contributed by atoms with Gasteiger partial charge < -0.3 is 15.6 Å². The van der Waals surface area contributed by atoms with E-state index in [0.717, 1.165) is 19.4 Å². The molecule has 0 spiro atoms. The average Bonchev–Trinajstić information content (AvgIpc) is 2.93. The van der Waals surface area contributed by atoms with Crippen LogP contribution in [0.4, 0.5) is 0 Å². The maximum Gasteiger partial charge on any atom is 0.220 e. The van der Waals surface area contributed by atoms with Gasteiger partial charge in [0.2, 0.25) is 5.91 Å². The molecular formula is C14H26Cl2N4O. The summed E-state index contributed by atoms with van der Waals surface area (Å²) in [6.07, 6.45) is 11.9. The Morgan fingerprint density at radius 1 is 1.29 bits per heavy atom. The third-order valence-corrected chi connectivity index (χ3v) is 4.13. The summed E-state index contributed by atoms with van der Waals surface area (Å²) >= 11 is 0. The monoisotopic (exact) mass is 336 g/mol. The number of nitrogens with zero attached hydrogens (tertiary/aromatic N) is 2. The minimum Gasteiger partial charge on any atom is -0.354 e. The standard InChI is InChI=1S/C14H24N4O.2ClH/c15-11-14(4-2-1-3-5-14)10-13(19)17-7-9-18-8-6-16-12-18;;/h6,8,12H,1-5,7,9-11,15H2,(H,17,19);2*1H. The molecule has 0 aromatic carbocycles. The van der Waals surface area contributed by atoms with Crippen LogP contribution in [-0.2, 0) is 11.3 Å². The van der Waals surface area contributed by atoms with E-state index in [1.54, 1.807) is 12.5 Å². The number of halogens is 2. The van der Waals surface area contributed by atoms with E-state index in [1.807, 2.05) is 10.8 Å². The number of carbonyl (C=O) groups is 1. The van der Waals surface area contributed by atoms with Crippen LogP contribution in [0.3, 0.4) is 0 Å². The Labute approximate surface area is 138 Å². The molecule has 1 amide bonds. The summed E-state index contributed by atoms with van der Waals surface area (Å²) in [4.78, 5) is 16.0. The van der Waals surface area contributed by atoms with E-state index < -0.39 is 0 Å². The molecule has 1 aromatic heterocycles. The van der Waals surface area contributed by atoms with E-state index in [9.17, 15) is 4.79 Å². The van der Waals surface area contributed by atoms with Crippen molar-refractivity contribution in [2.75, 3.05) is 13.1 Å². The SMILES string of the molecule is Cl.Cl.NCC1(CC(=O)NCCn2ccnc2)CCCCC1. The topological polar surface area (TPSA) is 72.9 Å². The third-order valence-electron chi connectivity index (χ3n) is 4.13. The van der Waals surface area contributed by atoms with Crippen molar-refractivity contribution in [2.24, 2.45) is 11.1 Å². The second-order valence-corrected chi connectivity index (χ2v) is 5.59. The highest BCUT2D eigenvalue weighted by Gasteiger charge is 2.32. The maximum absolute atomic E-state index is 12.0. The number of rotatable bonds is 6. The van der Waals surface area contributed by atoms with Gasteiger partial charge in [-0.1, -0.05) is 19.3 Å². The van der Waals surface area contributed by atoms with E-state index in [2.05, 4.69) is 10.3 Å². The van der Waals surface area contributed by atoms with Gasteiger partial charge in [-0.3, -0.25) is 4.79 Å². The van der Waals surface area contributed by atoms with Gasteiger partial charge in [-0.15, -0.1) is 24.8 Å². The number of amides is 1. The van der Waals surface area contributed by atoms with Crippen molar-refractivity contribution in [2.45, 2.75) is 45.1 Å². The fourth-order valence-electron chi connectivity index (χ4n) is 2.90. The largest absolute Gasteiger partial charge is 0.354 e. The molecule has 1 heterocycles. The molecule has 2 rings (SSSR count). The quantitative estimate of drug-likeness (QED) is 0.835. The van der Waals surface area contributed by atoms with Gasteiger partial charge in [0, 0.05) is 31.9 Å². The van der Waals surface area contributed by atoms with E-state index in [0.29, 0.717) is 19.5 Å². The summed E-state index contributed by atoms with van der Waals surface area (Å²) in [5.41, 5.74) is 5.95. The van der Waals surface area contributed by atoms with Crippen LogP contribution in [0.1, 0.15) is 38.5 Å². The minimum atomic E-state index is 0. The summed E-state index contributed by atoms with van der Waals surface area (Å²) in [6.45, 7) is 2.04. The zero-order chi connectivity index (χ0) is 13.6. The van der Waals surface area contributed by atoms with Crippen molar-refractivity contribution >= 4 is 30.7 Å². The van der Waals surface area contributed by atoms with Gasteiger partial charge in [0.15, 0.2) is 0 Å². The van der Waals surface area contributed by atoms with Crippen LogP contribution in [0.2, 0.25) is 0 Å². The zero-order valence-corrected chi connectivity index (χ0v) is 13.9. The number of hydrogen-bond donors (Lipinski definition) is 2. The Morgan fingerprint density at radius 2 is 2.00 bits per heavy atom. The van der Waals surface area contributed by atoms with Crippen molar-refractivity contribution in [3.63, 3.8) is 0 Å². The molecule has 0 unspecified atom stereocenters. The predicted molar refractivity (Wildman–Crippen MR) is 88.9 cm³/mol. The van der Waals surface area contributed by atoms with E-state index in [4.69, 9.17) is 5.73 Å². The van der Waals surface area contributed by atoms with Crippen LogP contribution in [0.25, 0.3) is 0 Å². The molecule has 0 saturated heterocycles. The summed E-state index contributed by atoms with van der Waals surface area (Å²) in [5, 5.41) is 2.98. The molecule has 7 heteroatoms. The fraction of sp³-hybridized carbons (Fsp3) is 0.714. The number of aromatic nitrogens is 2. The molecule has 3 N–H and O–H groups in total. The number of nitrogens with two attached hydrogens (primary N) is 1. The second kappa shape index (κ2) is 10.0. The lowest BCUT2D eigenvalue weighted by Gasteiger charge is -2.35. The van der Waals surface area contributed by atoms with Gasteiger partial charge in [-0.2, -0.15) is 0 Å². The zero-order valence-electron chi connectivity index (χ0n) is 12.3. The first-order valence-corrected chi connectivity index (χ1v) is 7.17. The van der Waals surface area contributed by atoms with Crippen LogP contribution < -0.4 is 11.1 Å². The minimum absolute atomic E-state index is 0. The Morgan fingerprint density at radius 3 is 2.57 bits per heavy atom. The van der Waals surface area contributed by atoms with Gasteiger partial charge in [0.05, 0.1) is 6.33 Å². The number of nitrogens with one attached hydrogen (secondary N) is 1. The van der Waals surface area contributed by atoms with Gasteiger partial charge in [0.1, 0.15) is 0 Å². The lowest BCUT2D eigenvalue weighted by Crippen LogP contribution is -2.39. The van der Waals surface area contributed by atoms with Crippen molar-refractivity contribution in [1.29, 1.82) is 0 Å². The Bertz CT molecular complexity index is 392. The predicted octanol–water partition coefficient (Wildman–Crippen LogP) is 2.14. The molecule has 21 heavy (non-hydrogen) atoms.